The SMILES string of the molecule is CSc1cccc(Br)c1F. The minimum atomic E-state index is -0.171. The van der Waals surface area contributed by atoms with Gasteiger partial charge in [0.2, 0.25) is 0 Å². The average Bonchev–Trinajstić information content (AvgIpc) is 1.95. The first-order valence-electron chi connectivity index (χ1n) is 2.73. The van der Waals surface area contributed by atoms with Crippen LogP contribution in [-0.4, -0.2) is 6.26 Å². The number of halogens is 2. The van der Waals surface area contributed by atoms with Gasteiger partial charge in [0, 0.05) is 4.90 Å². The van der Waals surface area contributed by atoms with Crippen LogP contribution in [0.3, 0.4) is 0 Å². The second-order valence-electron chi connectivity index (χ2n) is 1.76. The second kappa shape index (κ2) is 3.39. The third-order valence-electron chi connectivity index (χ3n) is 1.14. The van der Waals surface area contributed by atoms with Crippen LogP contribution in [-0.2, 0) is 0 Å². The highest BCUT2D eigenvalue weighted by Gasteiger charge is 2.02. The molecule has 0 nitrogen and oxygen atoms in total. The highest BCUT2D eigenvalue weighted by atomic mass is 79.9. The molecule has 0 unspecified atom stereocenters. The molecule has 0 N–H and O–H groups in total. The first-order chi connectivity index (χ1) is 4.75. The summed E-state index contributed by atoms with van der Waals surface area (Å²) in [6, 6.07) is 5.26. The Kier molecular flexibility index (Phi) is 2.74. The van der Waals surface area contributed by atoms with E-state index in [9.17, 15) is 4.39 Å². The number of hydrogen-bond donors (Lipinski definition) is 0. The van der Waals surface area contributed by atoms with Crippen molar-refractivity contribution in [2.24, 2.45) is 0 Å². The van der Waals surface area contributed by atoms with Gasteiger partial charge in [-0.3, -0.25) is 0 Å². The van der Waals surface area contributed by atoms with E-state index in [1.165, 1.54) is 11.8 Å². The molecule has 0 atom stereocenters. The molecule has 54 valence electrons. The molecule has 0 heterocycles. The normalized spacial score (nSPS) is 9.90. The van der Waals surface area contributed by atoms with E-state index in [2.05, 4.69) is 15.9 Å². The van der Waals surface area contributed by atoms with Gasteiger partial charge in [-0.25, -0.2) is 4.39 Å². The van der Waals surface area contributed by atoms with E-state index < -0.39 is 0 Å². The molecule has 0 aliphatic heterocycles. The highest BCUT2D eigenvalue weighted by molar-refractivity contribution is 9.10. The molecule has 0 aliphatic rings. The van der Waals surface area contributed by atoms with Gasteiger partial charge in [0.05, 0.1) is 4.47 Å². The Bertz CT molecular complexity index is 237. The van der Waals surface area contributed by atoms with Crippen molar-refractivity contribution in [2.45, 2.75) is 4.90 Å². The number of thioether (sulfide) groups is 1. The van der Waals surface area contributed by atoms with Crippen LogP contribution in [0.1, 0.15) is 0 Å². The summed E-state index contributed by atoms with van der Waals surface area (Å²) >= 11 is 4.50. The summed E-state index contributed by atoms with van der Waals surface area (Å²) in [6.07, 6.45) is 1.85. The summed E-state index contributed by atoms with van der Waals surface area (Å²) in [5.41, 5.74) is 0. The summed E-state index contributed by atoms with van der Waals surface area (Å²) in [6.45, 7) is 0. The quantitative estimate of drug-likeness (QED) is 0.655. The molecule has 0 radical (unpaired) electrons. The zero-order valence-corrected chi connectivity index (χ0v) is 7.80. The Hall–Kier alpha value is -0.0200. The van der Waals surface area contributed by atoms with Gasteiger partial charge in [-0.15, -0.1) is 11.8 Å². The van der Waals surface area contributed by atoms with Crippen LogP contribution in [0.25, 0.3) is 0 Å². The molecule has 1 rings (SSSR count). The standard InChI is InChI=1S/C7H6BrFS/c1-10-6-4-2-3-5(8)7(6)9/h2-4H,1H3. The molecule has 0 spiro atoms. The third-order valence-corrected chi connectivity index (χ3v) is 2.50. The fourth-order valence-corrected chi connectivity index (χ4v) is 1.64. The molecule has 0 aliphatic carbocycles. The van der Waals surface area contributed by atoms with Gasteiger partial charge in [-0.1, -0.05) is 6.07 Å². The van der Waals surface area contributed by atoms with Crippen molar-refractivity contribution < 1.29 is 4.39 Å². The fraction of sp³-hybridized carbons (Fsp3) is 0.143. The highest BCUT2D eigenvalue weighted by Crippen LogP contribution is 2.24. The van der Waals surface area contributed by atoms with Crippen molar-refractivity contribution in [3.05, 3.63) is 28.5 Å². The summed E-state index contributed by atoms with van der Waals surface area (Å²) in [5.74, 6) is -0.171. The van der Waals surface area contributed by atoms with Gasteiger partial charge < -0.3 is 0 Å². The third kappa shape index (κ3) is 1.52. The molecule has 0 amide bonds. The lowest BCUT2D eigenvalue weighted by atomic mass is 10.3. The topological polar surface area (TPSA) is 0 Å². The van der Waals surface area contributed by atoms with Gasteiger partial charge in [-0.2, -0.15) is 0 Å². The van der Waals surface area contributed by atoms with E-state index in [-0.39, 0.29) is 5.82 Å². The Labute approximate surface area is 72.0 Å². The van der Waals surface area contributed by atoms with Crippen LogP contribution >= 0.6 is 27.7 Å². The van der Waals surface area contributed by atoms with Crippen molar-refractivity contribution in [3.63, 3.8) is 0 Å². The Morgan fingerprint density at radius 1 is 1.50 bits per heavy atom. The Morgan fingerprint density at radius 2 is 2.20 bits per heavy atom. The lowest BCUT2D eigenvalue weighted by molar-refractivity contribution is 0.595. The van der Waals surface area contributed by atoms with Crippen LogP contribution in [0.4, 0.5) is 4.39 Å². The predicted octanol–water partition coefficient (Wildman–Crippen LogP) is 3.31. The van der Waals surface area contributed by atoms with E-state index in [0.29, 0.717) is 9.37 Å². The second-order valence-corrected chi connectivity index (χ2v) is 3.46. The maximum atomic E-state index is 12.9. The van der Waals surface area contributed by atoms with Crippen molar-refractivity contribution in [3.8, 4) is 0 Å². The molecule has 0 bridgehead atoms. The molecule has 1 aromatic rings. The Morgan fingerprint density at radius 3 is 2.70 bits per heavy atom. The summed E-state index contributed by atoms with van der Waals surface area (Å²) < 4.78 is 13.5. The van der Waals surface area contributed by atoms with E-state index in [0.717, 1.165) is 0 Å². The average molecular weight is 221 g/mol. The minimum absolute atomic E-state index is 0.171. The maximum absolute atomic E-state index is 12.9. The van der Waals surface area contributed by atoms with Crippen LogP contribution in [0.5, 0.6) is 0 Å². The van der Waals surface area contributed by atoms with Crippen LogP contribution in [0.2, 0.25) is 0 Å². The molecular formula is C7H6BrFS. The summed E-state index contributed by atoms with van der Waals surface area (Å²) in [5, 5.41) is 0. The van der Waals surface area contributed by atoms with Crippen molar-refractivity contribution >= 4 is 27.7 Å². The minimum Gasteiger partial charge on any atom is -0.205 e. The Balaban J connectivity index is 3.14. The van der Waals surface area contributed by atoms with Gasteiger partial charge in [0.15, 0.2) is 5.82 Å². The molecule has 0 saturated carbocycles. The largest absolute Gasteiger partial charge is 0.205 e. The van der Waals surface area contributed by atoms with Crippen molar-refractivity contribution in [1.29, 1.82) is 0 Å². The molecule has 10 heavy (non-hydrogen) atoms. The summed E-state index contributed by atoms with van der Waals surface area (Å²) in [4.78, 5) is 0.675. The zero-order valence-electron chi connectivity index (χ0n) is 5.40. The number of rotatable bonds is 1. The molecule has 0 aromatic heterocycles. The van der Waals surface area contributed by atoms with Crippen LogP contribution < -0.4 is 0 Å². The van der Waals surface area contributed by atoms with E-state index in [4.69, 9.17) is 0 Å². The van der Waals surface area contributed by atoms with E-state index in [1.54, 1.807) is 12.1 Å². The maximum Gasteiger partial charge on any atom is 0.150 e. The van der Waals surface area contributed by atoms with Crippen LogP contribution in [0.15, 0.2) is 27.6 Å². The monoisotopic (exact) mass is 220 g/mol. The van der Waals surface area contributed by atoms with Gasteiger partial charge in [0.1, 0.15) is 0 Å². The predicted molar refractivity (Wildman–Crippen MR) is 45.9 cm³/mol. The lowest BCUT2D eigenvalue weighted by Gasteiger charge is -1.98. The van der Waals surface area contributed by atoms with Crippen molar-refractivity contribution in [2.75, 3.05) is 6.26 Å². The van der Waals surface area contributed by atoms with Gasteiger partial charge in [0.25, 0.3) is 0 Å². The van der Waals surface area contributed by atoms with Gasteiger partial charge in [-0.05, 0) is 34.3 Å². The molecule has 0 fully saturated rings. The van der Waals surface area contributed by atoms with E-state index >= 15 is 0 Å². The van der Waals surface area contributed by atoms with Crippen LogP contribution in [0, 0.1) is 5.82 Å². The molecule has 3 heteroatoms. The lowest BCUT2D eigenvalue weighted by Crippen LogP contribution is -1.79. The smallest absolute Gasteiger partial charge is 0.150 e. The molecule has 0 saturated heterocycles. The summed E-state index contributed by atoms with van der Waals surface area (Å²) in [7, 11) is 0. The first kappa shape index (κ1) is 8.08. The molecule has 1 aromatic carbocycles. The first-order valence-corrected chi connectivity index (χ1v) is 4.75. The fourth-order valence-electron chi connectivity index (χ4n) is 0.642. The van der Waals surface area contributed by atoms with Crippen molar-refractivity contribution in [1.82, 2.24) is 0 Å². The van der Waals surface area contributed by atoms with E-state index in [1.807, 2.05) is 12.3 Å². The molecular weight excluding hydrogens is 215 g/mol. The van der Waals surface area contributed by atoms with Gasteiger partial charge >= 0.3 is 0 Å². The number of benzene rings is 1. The zero-order chi connectivity index (χ0) is 7.56. The number of hydrogen-bond acceptors (Lipinski definition) is 1.